The quantitative estimate of drug-likeness (QED) is 0.773. The van der Waals surface area contributed by atoms with Crippen LogP contribution in [0.1, 0.15) is 11.3 Å². The van der Waals surface area contributed by atoms with Gasteiger partial charge in [-0.25, -0.2) is 13.6 Å². The molecule has 8 heteroatoms. The molecule has 0 aliphatic rings. The molecule has 0 saturated carbocycles. The molecule has 0 saturated heterocycles. The van der Waals surface area contributed by atoms with E-state index in [2.05, 4.69) is 10.1 Å². The van der Waals surface area contributed by atoms with E-state index in [1.807, 2.05) is 18.3 Å². The van der Waals surface area contributed by atoms with Gasteiger partial charge in [-0.05, 0) is 35.4 Å². The molecule has 0 aliphatic carbocycles. The number of nitrogens with zero attached hydrogens (tertiary/aromatic N) is 4. The summed E-state index contributed by atoms with van der Waals surface area (Å²) in [6.45, 7) is 0. The Kier molecular flexibility index (Phi) is 4.12. The van der Waals surface area contributed by atoms with Gasteiger partial charge in [0.2, 0.25) is 16.2 Å². The summed E-state index contributed by atoms with van der Waals surface area (Å²) >= 11 is 0. The Bertz CT molecular complexity index is 1000. The van der Waals surface area contributed by atoms with E-state index in [0.29, 0.717) is 12.1 Å². The Morgan fingerprint density at radius 3 is 2.38 bits per heavy atom. The third-order valence-electron chi connectivity index (χ3n) is 3.51. The summed E-state index contributed by atoms with van der Waals surface area (Å²) in [5, 5.41) is 18.4. The summed E-state index contributed by atoms with van der Waals surface area (Å²) in [7, 11) is -3.71. The van der Waals surface area contributed by atoms with Crippen molar-refractivity contribution >= 4 is 10.0 Å². The molecular formula is C16H13N5O2S. The van der Waals surface area contributed by atoms with Crippen molar-refractivity contribution in [3.8, 4) is 17.3 Å². The van der Waals surface area contributed by atoms with Crippen LogP contribution in [0.3, 0.4) is 0 Å². The third-order valence-corrected chi connectivity index (χ3v) is 4.44. The van der Waals surface area contributed by atoms with Crippen molar-refractivity contribution in [2.75, 3.05) is 0 Å². The van der Waals surface area contributed by atoms with E-state index < -0.39 is 10.0 Å². The average molecular weight is 339 g/mol. The van der Waals surface area contributed by atoms with E-state index >= 15 is 0 Å². The SMILES string of the molecule is N#Cn1cc(-c2ccncc2)c(Cc2ccc(S(N)(=O)=O)cc2)n1. The van der Waals surface area contributed by atoms with Crippen molar-refractivity contribution in [3.63, 3.8) is 0 Å². The lowest BCUT2D eigenvalue weighted by Gasteiger charge is -2.04. The molecule has 3 aromatic rings. The topological polar surface area (TPSA) is 115 Å². The van der Waals surface area contributed by atoms with Gasteiger partial charge in [0.1, 0.15) is 0 Å². The molecule has 7 nitrogen and oxygen atoms in total. The first-order valence-electron chi connectivity index (χ1n) is 6.98. The van der Waals surface area contributed by atoms with Crippen LogP contribution in [0.15, 0.2) is 59.9 Å². The van der Waals surface area contributed by atoms with Crippen molar-refractivity contribution in [1.82, 2.24) is 14.8 Å². The number of hydrogen-bond acceptors (Lipinski definition) is 5. The molecule has 2 heterocycles. The number of aromatic nitrogens is 3. The van der Waals surface area contributed by atoms with Crippen molar-refractivity contribution < 1.29 is 8.42 Å². The second kappa shape index (κ2) is 6.23. The highest BCUT2D eigenvalue weighted by molar-refractivity contribution is 7.89. The smallest absolute Gasteiger partial charge is 0.238 e. The molecule has 0 fully saturated rings. The van der Waals surface area contributed by atoms with Crippen LogP contribution in [0.2, 0.25) is 0 Å². The zero-order chi connectivity index (χ0) is 17.2. The molecule has 0 bridgehead atoms. The van der Waals surface area contributed by atoms with Crippen LogP contribution in [0, 0.1) is 11.5 Å². The van der Waals surface area contributed by atoms with Gasteiger partial charge in [-0.2, -0.15) is 15.0 Å². The Morgan fingerprint density at radius 1 is 1.12 bits per heavy atom. The van der Waals surface area contributed by atoms with Gasteiger partial charge in [0.05, 0.1) is 16.8 Å². The van der Waals surface area contributed by atoms with Crippen molar-refractivity contribution in [2.24, 2.45) is 5.14 Å². The standard InChI is InChI=1S/C16H13N5O2S/c17-11-21-10-15(13-5-7-19-8-6-13)16(20-21)9-12-1-3-14(4-2-12)24(18,22)23/h1-8,10H,9H2,(H2,18,22,23). The summed E-state index contributed by atoms with van der Waals surface area (Å²) in [5.74, 6) is 0. The zero-order valence-corrected chi connectivity index (χ0v) is 13.3. The van der Waals surface area contributed by atoms with Gasteiger partial charge < -0.3 is 0 Å². The van der Waals surface area contributed by atoms with Crippen LogP contribution in [0.5, 0.6) is 0 Å². The van der Waals surface area contributed by atoms with Crippen molar-refractivity contribution in [1.29, 1.82) is 5.26 Å². The molecule has 120 valence electrons. The Morgan fingerprint density at radius 2 is 1.79 bits per heavy atom. The Balaban J connectivity index is 1.96. The van der Waals surface area contributed by atoms with E-state index in [-0.39, 0.29) is 4.90 Å². The minimum atomic E-state index is -3.71. The molecule has 24 heavy (non-hydrogen) atoms. The molecule has 2 N–H and O–H groups in total. The predicted octanol–water partition coefficient (Wildman–Crippen LogP) is 1.51. The lowest BCUT2D eigenvalue weighted by molar-refractivity contribution is 0.598. The van der Waals surface area contributed by atoms with E-state index in [4.69, 9.17) is 10.4 Å². The van der Waals surface area contributed by atoms with Crippen LogP contribution in [-0.2, 0) is 16.4 Å². The Hall–Kier alpha value is -3.02. The molecule has 0 radical (unpaired) electrons. The van der Waals surface area contributed by atoms with Crippen LogP contribution in [0.4, 0.5) is 0 Å². The summed E-state index contributed by atoms with van der Waals surface area (Å²) in [5.41, 5.74) is 3.31. The maximum absolute atomic E-state index is 11.3. The molecule has 0 aliphatic heterocycles. The maximum Gasteiger partial charge on any atom is 0.238 e. The normalized spacial score (nSPS) is 11.2. The van der Waals surface area contributed by atoms with Gasteiger partial charge in [0.25, 0.3) is 0 Å². The number of hydrogen-bond donors (Lipinski definition) is 1. The maximum atomic E-state index is 11.3. The second-order valence-corrected chi connectivity index (χ2v) is 6.70. The lowest BCUT2D eigenvalue weighted by Crippen LogP contribution is -2.11. The molecule has 0 unspecified atom stereocenters. The molecule has 1 aromatic carbocycles. The average Bonchev–Trinajstić information content (AvgIpc) is 2.98. The number of nitriles is 1. The summed E-state index contributed by atoms with van der Waals surface area (Å²) in [4.78, 5) is 4.04. The van der Waals surface area contributed by atoms with E-state index in [1.54, 1.807) is 30.7 Å². The van der Waals surface area contributed by atoms with E-state index in [9.17, 15) is 8.42 Å². The Labute approximate surface area is 139 Å². The molecule has 3 rings (SSSR count). The molecule has 0 amide bonds. The molecule has 0 atom stereocenters. The summed E-state index contributed by atoms with van der Waals surface area (Å²) in [6, 6.07) is 9.96. The number of primary sulfonamides is 1. The monoisotopic (exact) mass is 339 g/mol. The second-order valence-electron chi connectivity index (χ2n) is 5.14. The van der Waals surface area contributed by atoms with Crippen molar-refractivity contribution in [2.45, 2.75) is 11.3 Å². The molecule has 2 aromatic heterocycles. The van der Waals surface area contributed by atoms with E-state index in [1.165, 1.54) is 16.8 Å². The first kappa shape index (κ1) is 15.9. The largest absolute Gasteiger partial charge is 0.265 e. The lowest BCUT2D eigenvalue weighted by atomic mass is 10.0. The minimum Gasteiger partial charge on any atom is -0.265 e. The third kappa shape index (κ3) is 3.32. The molecular weight excluding hydrogens is 326 g/mol. The minimum absolute atomic E-state index is 0.0585. The first-order valence-corrected chi connectivity index (χ1v) is 8.53. The van der Waals surface area contributed by atoms with Gasteiger partial charge in [-0.15, -0.1) is 0 Å². The number of rotatable bonds is 4. The fourth-order valence-corrected chi connectivity index (χ4v) is 2.87. The number of nitrogens with two attached hydrogens (primary N) is 1. The van der Waals surface area contributed by atoms with Crippen LogP contribution < -0.4 is 5.14 Å². The first-order chi connectivity index (χ1) is 11.5. The zero-order valence-electron chi connectivity index (χ0n) is 12.5. The molecule has 0 spiro atoms. The van der Waals surface area contributed by atoms with Gasteiger partial charge >= 0.3 is 0 Å². The summed E-state index contributed by atoms with van der Waals surface area (Å²) in [6.07, 6.45) is 7.42. The van der Waals surface area contributed by atoms with Crippen LogP contribution >= 0.6 is 0 Å². The van der Waals surface area contributed by atoms with Crippen LogP contribution in [-0.4, -0.2) is 23.2 Å². The van der Waals surface area contributed by atoms with Crippen LogP contribution in [0.25, 0.3) is 11.1 Å². The number of pyridine rings is 1. The fourth-order valence-electron chi connectivity index (χ4n) is 2.35. The predicted molar refractivity (Wildman–Crippen MR) is 87.1 cm³/mol. The van der Waals surface area contributed by atoms with E-state index in [0.717, 1.165) is 16.7 Å². The van der Waals surface area contributed by atoms with Gasteiger partial charge in [0.15, 0.2) is 0 Å². The van der Waals surface area contributed by atoms with Crippen molar-refractivity contribution in [3.05, 3.63) is 66.2 Å². The highest BCUT2D eigenvalue weighted by Crippen LogP contribution is 2.24. The highest BCUT2D eigenvalue weighted by atomic mass is 32.2. The number of sulfonamides is 1. The fraction of sp³-hybridized carbons (Fsp3) is 0.0625. The summed E-state index contributed by atoms with van der Waals surface area (Å²) < 4.78 is 23.8. The highest BCUT2D eigenvalue weighted by Gasteiger charge is 2.13. The van der Waals surface area contributed by atoms with Gasteiger partial charge in [0, 0.05) is 24.4 Å². The number of benzene rings is 1. The van der Waals surface area contributed by atoms with Gasteiger partial charge in [-0.3, -0.25) is 4.98 Å². The van der Waals surface area contributed by atoms with Gasteiger partial charge in [-0.1, -0.05) is 12.1 Å².